The van der Waals surface area contributed by atoms with E-state index in [1.54, 1.807) is 12.1 Å². The second-order valence-electron chi connectivity index (χ2n) is 6.38. The van der Waals surface area contributed by atoms with Crippen molar-refractivity contribution in [3.05, 3.63) is 35.6 Å². The molecule has 1 saturated heterocycles. The zero-order valence-corrected chi connectivity index (χ0v) is 13.6. The molecule has 21 heavy (non-hydrogen) atoms. The van der Waals surface area contributed by atoms with Gasteiger partial charge in [-0.15, -0.1) is 0 Å². The number of piperidine rings is 1. The second kappa shape index (κ2) is 7.90. The van der Waals surface area contributed by atoms with Crippen LogP contribution in [-0.4, -0.2) is 30.6 Å². The van der Waals surface area contributed by atoms with Gasteiger partial charge in [0.05, 0.1) is 0 Å². The maximum absolute atomic E-state index is 14.1. The van der Waals surface area contributed by atoms with Gasteiger partial charge in [-0.2, -0.15) is 0 Å². The quantitative estimate of drug-likeness (QED) is 0.853. The molecule has 1 N–H and O–H groups in total. The molecule has 118 valence electrons. The number of likely N-dealkylation sites (tertiary alicyclic amines) is 1. The van der Waals surface area contributed by atoms with Crippen LogP contribution in [0.5, 0.6) is 0 Å². The third-order valence-electron chi connectivity index (χ3n) is 4.84. The molecule has 1 fully saturated rings. The SMILES string of the molecule is CCCNC(CN1CCCC(C)C1C)c1ccccc1F. The molecule has 0 radical (unpaired) electrons. The second-order valence-corrected chi connectivity index (χ2v) is 6.38. The van der Waals surface area contributed by atoms with E-state index in [9.17, 15) is 4.39 Å². The van der Waals surface area contributed by atoms with Crippen molar-refractivity contribution in [2.75, 3.05) is 19.6 Å². The third kappa shape index (κ3) is 4.27. The van der Waals surface area contributed by atoms with E-state index >= 15 is 0 Å². The molecule has 3 heteroatoms. The first-order valence-electron chi connectivity index (χ1n) is 8.35. The van der Waals surface area contributed by atoms with E-state index in [1.807, 2.05) is 12.1 Å². The van der Waals surface area contributed by atoms with E-state index in [2.05, 4.69) is 31.0 Å². The van der Waals surface area contributed by atoms with E-state index in [1.165, 1.54) is 12.8 Å². The Hall–Kier alpha value is -0.930. The van der Waals surface area contributed by atoms with Crippen LogP contribution in [0.2, 0.25) is 0 Å². The fourth-order valence-corrected chi connectivity index (χ4v) is 3.26. The average molecular weight is 292 g/mol. The van der Waals surface area contributed by atoms with Crippen molar-refractivity contribution in [3.63, 3.8) is 0 Å². The summed E-state index contributed by atoms with van der Waals surface area (Å²) in [7, 11) is 0. The summed E-state index contributed by atoms with van der Waals surface area (Å²) in [5, 5.41) is 3.53. The molecule has 2 rings (SSSR count). The predicted octanol–water partition coefficient (Wildman–Crippen LogP) is 3.99. The average Bonchev–Trinajstić information content (AvgIpc) is 2.48. The summed E-state index contributed by atoms with van der Waals surface area (Å²) in [6.07, 6.45) is 3.63. The van der Waals surface area contributed by atoms with Gasteiger partial charge in [0.2, 0.25) is 0 Å². The fraction of sp³-hybridized carbons (Fsp3) is 0.667. The molecule has 0 spiro atoms. The van der Waals surface area contributed by atoms with Crippen LogP contribution in [-0.2, 0) is 0 Å². The molecule has 1 aliphatic rings. The monoisotopic (exact) mass is 292 g/mol. The maximum Gasteiger partial charge on any atom is 0.128 e. The first-order valence-corrected chi connectivity index (χ1v) is 8.35. The first kappa shape index (κ1) is 16.4. The zero-order valence-electron chi connectivity index (χ0n) is 13.6. The van der Waals surface area contributed by atoms with Gasteiger partial charge in [0.25, 0.3) is 0 Å². The smallest absolute Gasteiger partial charge is 0.128 e. The molecule has 0 amide bonds. The largest absolute Gasteiger partial charge is 0.309 e. The molecule has 3 atom stereocenters. The summed E-state index contributed by atoms with van der Waals surface area (Å²) in [6, 6.07) is 7.84. The summed E-state index contributed by atoms with van der Waals surface area (Å²) >= 11 is 0. The molecule has 2 nitrogen and oxygen atoms in total. The molecule has 0 aromatic heterocycles. The topological polar surface area (TPSA) is 15.3 Å². The van der Waals surface area contributed by atoms with Crippen LogP contribution < -0.4 is 5.32 Å². The van der Waals surface area contributed by atoms with Gasteiger partial charge in [0.1, 0.15) is 5.82 Å². The highest BCUT2D eigenvalue weighted by Gasteiger charge is 2.27. The van der Waals surface area contributed by atoms with Crippen LogP contribution in [0.25, 0.3) is 0 Å². The minimum absolute atomic E-state index is 0.0823. The van der Waals surface area contributed by atoms with Gasteiger partial charge in [-0.05, 0) is 51.3 Å². The molecule has 1 aromatic rings. The minimum atomic E-state index is -0.0937. The molecule has 0 bridgehead atoms. The van der Waals surface area contributed by atoms with Gasteiger partial charge in [0.15, 0.2) is 0 Å². The number of nitrogens with zero attached hydrogens (tertiary/aromatic N) is 1. The zero-order chi connectivity index (χ0) is 15.2. The lowest BCUT2D eigenvalue weighted by Gasteiger charge is -2.40. The Balaban J connectivity index is 2.11. The van der Waals surface area contributed by atoms with E-state index in [4.69, 9.17) is 0 Å². The summed E-state index contributed by atoms with van der Waals surface area (Å²) in [6.45, 7) is 9.74. The molecule has 3 unspecified atom stereocenters. The molecule has 1 aromatic carbocycles. The number of hydrogen-bond acceptors (Lipinski definition) is 2. The Morgan fingerprint density at radius 2 is 2.10 bits per heavy atom. The van der Waals surface area contributed by atoms with Crippen molar-refractivity contribution in [2.45, 2.75) is 52.1 Å². The van der Waals surface area contributed by atoms with Crippen LogP contribution in [0.1, 0.15) is 51.6 Å². The summed E-state index contributed by atoms with van der Waals surface area (Å²) in [5.74, 6) is 0.634. The van der Waals surface area contributed by atoms with Gasteiger partial charge in [-0.1, -0.05) is 32.0 Å². The van der Waals surface area contributed by atoms with E-state index in [0.29, 0.717) is 6.04 Å². The van der Waals surface area contributed by atoms with Crippen molar-refractivity contribution in [1.82, 2.24) is 10.2 Å². The highest BCUT2D eigenvalue weighted by molar-refractivity contribution is 5.21. The number of nitrogens with one attached hydrogen (secondary N) is 1. The molecule has 0 saturated carbocycles. The lowest BCUT2D eigenvalue weighted by atomic mass is 9.91. The molecular formula is C18H29FN2. The van der Waals surface area contributed by atoms with Crippen LogP contribution in [0, 0.1) is 11.7 Å². The van der Waals surface area contributed by atoms with Gasteiger partial charge < -0.3 is 5.32 Å². The number of halogens is 1. The molecule has 0 aliphatic carbocycles. The lowest BCUT2D eigenvalue weighted by Crippen LogP contribution is -2.46. The summed E-state index contributed by atoms with van der Waals surface area (Å²) in [4.78, 5) is 2.52. The number of rotatable bonds is 6. The molecular weight excluding hydrogens is 263 g/mol. The third-order valence-corrected chi connectivity index (χ3v) is 4.84. The Bertz CT molecular complexity index is 435. The molecule has 1 heterocycles. The van der Waals surface area contributed by atoms with Crippen LogP contribution >= 0.6 is 0 Å². The van der Waals surface area contributed by atoms with E-state index in [0.717, 1.165) is 37.5 Å². The predicted molar refractivity (Wildman–Crippen MR) is 86.9 cm³/mol. The van der Waals surface area contributed by atoms with Crippen LogP contribution in [0.4, 0.5) is 4.39 Å². The van der Waals surface area contributed by atoms with Gasteiger partial charge in [-0.3, -0.25) is 4.90 Å². The van der Waals surface area contributed by atoms with Crippen LogP contribution in [0.15, 0.2) is 24.3 Å². The van der Waals surface area contributed by atoms with Crippen molar-refractivity contribution in [2.24, 2.45) is 5.92 Å². The highest BCUT2D eigenvalue weighted by atomic mass is 19.1. The Morgan fingerprint density at radius 1 is 1.33 bits per heavy atom. The number of benzene rings is 1. The Kier molecular flexibility index (Phi) is 6.19. The van der Waals surface area contributed by atoms with Crippen molar-refractivity contribution in [3.8, 4) is 0 Å². The summed E-state index contributed by atoms with van der Waals surface area (Å²) in [5.41, 5.74) is 0.802. The fourth-order valence-electron chi connectivity index (χ4n) is 3.26. The van der Waals surface area contributed by atoms with Crippen molar-refractivity contribution in [1.29, 1.82) is 0 Å². The van der Waals surface area contributed by atoms with Crippen molar-refractivity contribution < 1.29 is 4.39 Å². The Labute approximate surface area is 128 Å². The first-order chi connectivity index (χ1) is 10.1. The maximum atomic E-state index is 14.1. The van der Waals surface area contributed by atoms with Crippen molar-refractivity contribution >= 4 is 0 Å². The normalized spacial score (nSPS) is 25.0. The van der Waals surface area contributed by atoms with Gasteiger partial charge >= 0.3 is 0 Å². The molecule has 1 aliphatic heterocycles. The van der Waals surface area contributed by atoms with E-state index < -0.39 is 0 Å². The standard InChI is InChI=1S/C18H29FN2/c1-4-11-20-18(16-9-5-6-10-17(16)19)13-21-12-7-8-14(2)15(21)3/h5-6,9-10,14-15,18,20H,4,7-8,11-13H2,1-3H3. The van der Waals surface area contributed by atoms with Gasteiger partial charge in [-0.25, -0.2) is 4.39 Å². The summed E-state index contributed by atoms with van der Waals surface area (Å²) < 4.78 is 14.1. The van der Waals surface area contributed by atoms with Crippen LogP contribution in [0.3, 0.4) is 0 Å². The minimum Gasteiger partial charge on any atom is -0.309 e. The lowest BCUT2D eigenvalue weighted by molar-refractivity contribution is 0.101. The van der Waals surface area contributed by atoms with Gasteiger partial charge in [0, 0.05) is 24.2 Å². The van der Waals surface area contributed by atoms with E-state index in [-0.39, 0.29) is 11.9 Å². The highest BCUT2D eigenvalue weighted by Crippen LogP contribution is 2.26. The number of hydrogen-bond donors (Lipinski definition) is 1. The Morgan fingerprint density at radius 3 is 2.81 bits per heavy atom.